The van der Waals surface area contributed by atoms with E-state index in [4.69, 9.17) is 14.6 Å². The van der Waals surface area contributed by atoms with Gasteiger partial charge in [0.05, 0.1) is 19.1 Å². The summed E-state index contributed by atoms with van der Waals surface area (Å²) >= 11 is 0. The van der Waals surface area contributed by atoms with Crippen LogP contribution in [0.1, 0.15) is 19.2 Å². The summed E-state index contributed by atoms with van der Waals surface area (Å²) in [5.41, 5.74) is 0. The summed E-state index contributed by atoms with van der Waals surface area (Å²) in [4.78, 5) is 10.7. The Morgan fingerprint density at radius 1 is 1.50 bits per heavy atom. The van der Waals surface area contributed by atoms with Gasteiger partial charge in [0.25, 0.3) is 0 Å². The maximum Gasteiger partial charge on any atom is 0.306 e. The number of ether oxygens (including phenoxy) is 2. The highest BCUT2D eigenvalue weighted by molar-refractivity contribution is 5.69. The van der Waals surface area contributed by atoms with Crippen LogP contribution >= 0.6 is 0 Å². The van der Waals surface area contributed by atoms with Crippen molar-refractivity contribution in [1.82, 2.24) is 20.2 Å². The molecule has 0 amide bonds. The summed E-state index contributed by atoms with van der Waals surface area (Å²) in [6.45, 7) is 3.38. The minimum atomic E-state index is -0.819. The molecule has 0 saturated heterocycles. The van der Waals surface area contributed by atoms with Gasteiger partial charge in [0.2, 0.25) is 0 Å². The first-order valence-corrected chi connectivity index (χ1v) is 5.69. The predicted octanol–water partition coefficient (Wildman–Crippen LogP) is -0.0531. The van der Waals surface area contributed by atoms with Crippen molar-refractivity contribution in [3.05, 3.63) is 5.82 Å². The molecule has 1 heterocycles. The topological polar surface area (TPSA) is 99.4 Å². The molecule has 8 heteroatoms. The molecule has 8 nitrogen and oxygen atoms in total. The second kappa shape index (κ2) is 7.72. The number of carboxylic acid groups (broad SMARTS) is 1. The van der Waals surface area contributed by atoms with Crippen LogP contribution in [0.5, 0.6) is 0 Å². The molecule has 1 atom stereocenters. The lowest BCUT2D eigenvalue weighted by atomic mass is 10.1. The lowest BCUT2D eigenvalue weighted by molar-refractivity contribution is -0.141. The van der Waals surface area contributed by atoms with E-state index in [2.05, 4.69) is 15.5 Å². The molecule has 0 radical (unpaired) electrons. The normalized spacial score (nSPS) is 12.6. The van der Waals surface area contributed by atoms with Gasteiger partial charge in [-0.2, -0.15) is 0 Å². The number of carbonyl (C=O) groups is 1. The van der Waals surface area contributed by atoms with Crippen LogP contribution in [-0.2, 0) is 27.4 Å². The molecule has 0 aliphatic rings. The molecule has 1 aromatic heterocycles. The Balaban J connectivity index is 2.37. The molecular formula is C10H18N4O4. The molecule has 1 rings (SSSR count). The number of nitrogens with zero attached hydrogens (tertiary/aromatic N) is 4. The second-order valence-electron chi connectivity index (χ2n) is 3.89. The fraction of sp³-hybridized carbons (Fsp3) is 0.800. The van der Waals surface area contributed by atoms with Gasteiger partial charge >= 0.3 is 5.97 Å². The lowest BCUT2D eigenvalue weighted by Crippen LogP contribution is -2.15. The molecule has 0 bridgehead atoms. The average molecular weight is 258 g/mol. The summed E-state index contributed by atoms with van der Waals surface area (Å²) in [6.07, 6.45) is 0.478. The van der Waals surface area contributed by atoms with Crippen LogP contribution < -0.4 is 0 Å². The zero-order chi connectivity index (χ0) is 13.4. The average Bonchev–Trinajstić information content (AvgIpc) is 2.79. The third-order valence-corrected chi connectivity index (χ3v) is 2.46. The first-order valence-electron chi connectivity index (χ1n) is 5.69. The highest BCUT2D eigenvalue weighted by atomic mass is 16.5. The van der Waals surface area contributed by atoms with Crippen molar-refractivity contribution in [2.45, 2.75) is 26.5 Å². The van der Waals surface area contributed by atoms with Crippen molar-refractivity contribution in [1.29, 1.82) is 0 Å². The molecule has 0 saturated carbocycles. The van der Waals surface area contributed by atoms with Gasteiger partial charge in [0, 0.05) is 13.7 Å². The van der Waals surface area contributed by atoms with Gasteiger partial charge in [0.15, 0.2) is 5.82 Å². The van der Waals surface area contributed by atoms with Gasteiger partial charge in [-0.1, -0.05) is 6.92 Å². The SMILES string of the molecule is COCCOCc1nnnn1CCC(C)C(=O)O. The molecule has 18 heavy (non-hydrogen) atoms. The molecule has 0 aliphatic heterocycles. The number of aryl methyl sites for hydroxylation is 1. The minimum absolute atomic E-state index is 0.289. The first kappa shape index (κ1) is 14.5. The van der Waals surface area contributed by atoms with Gasteiger partial charge in [-0.25, -0.2) is 4.68 Å². The van der Waals surface area contributed by atoms with Crippen molar-refractivity contribution in [2.75, 3.05) is 20.3 Å². The predicted molar refractivity (Wildman–Crippen MR) is 60.8 cm³/mol. The van der Waals surface area contributed by atoms with Crippen LogP contribution in [0.25, 0.3) is 0 Å². The van der Waals surface area contributed by atoms with Crippen LogP contribution in [0.4, 0.5) is 0 Å². The highest BCUT2D eigenvalue weighted by Gasteiger charge is 2.13. The molecule has 0 aromatic carbocycles. The van der Waals surface area contributed by atoms with Crippen LogP contribution in [0.2, 0.25) is 0 Å². The van der Waals surface area contributed by atoms with Crippen LogP contribution in [0, 0.1) is 5.92 Å². The maximum atomic E-state index is 10.7. The van der Waals surface area contributed by atoms with Gasteiger partial charge in [-0.3, -0.25) is 4.79 Å². The Kier molecular flexibility index (Phi) is 6.23. The summed E-state index contributed by atoms with van der Waals surface area (Å²) in [5, 5.41) is 20.0. The zero-order valence-electron chi connectivity index (χ0n) is 10.6. The standard InChI is InChI=1S/C10H18N4O4/c1-8(10(15)16)3-4-14-9(11-12-13-14)7-18-6-5-17-2/h8H,3-7H2,1-2H3,(H,15,16). The van der Waals surface area contributed by atoms with Gasteiger partial charge in [0.1, 0.15) is 6.61 Å². The Hall–Kier alpha value is -1.54. The van der Waals surface area contributed by atoms with E-state index in [9.17, 15) is 4.79 Å². The largest absolute Gasteiger partial charge is 0.481 e. The van der Waals surface area contributed by atoms with Gasteiger partial charge in [-0.15, -0.1) is 5.10 Å². The van der Waals surface area contributed by atoms with Crippen molar-refractivity contribution in [2.24, 2.45) is 5.92 Å². The molecule has 1 N–H and O–H groups in total. The summed E-state index contributed by atoms with van der Waals surface area (Å²) < 4.78 is 11.7. The maximum absolute atomic E-state index is 10.7. The number of tetrazole rings is 1. The lowest BCUT2D eigenvalue weighted by Gasteiger charge is -2.07. The Morgan fingerprint density at radius 2 is 2.28 bits per heavy atom. The van der Waals surface area contributed by atoms with Gasteiger partial charge < -0.3 is 14.6 Å². The van der Waals surface area contributed by atoms with Crippen LogP contribution in [-0.4, -0.2) is 51.6 Å². The molecule has 102 valence electrons. The number of carboxylic acids is 1. The smallest absolute Gasteiger partial charge is 0.306 e. The fourth-order valence-corrected chi connectivity index (χ4v) is 1.25. The van der Waals surface area contributed by atoms with Crippen molar-refractivity contribution in [3.63, 3.8) is 0 Å². The molecule has 0 aliphatic carbocycles. The zero-order valence-corrected chi connectivity index (χ0v) is 10.6. The first-order chi connectivity index (χ1) is 8.65. The molecule has 0 spiro atoms. The number of rotatable bonds is 9. The third-order valence-electron chi connectivity index (χ3n) is 2.46. The Morgan fingerprint density at radius 3 is 2.94 bits per heavy atom. The van der Waals surface area contributed by atoms with E-state index in [-0.39, 0.29) is 6.61 Å². The monoisotopic (exact) mass is 258 g/mol. The highest BCUT2D eigenvalue weighted by Crippen LogP contribution is 2.05. The minimum Gasteiger partial charge on any atom is -0.481 e. The summed E-state index contributed by atoms with van der Waals surface area (Å²) in [7, 11) is 1.60. The van der Waals surface area contributed by atoms with E-state index in [1.807, 2.05) is 0 Å². The van der Waals surface area contributed by atoms with Crippen molar-refractivity contribution in [3.8, 4) is 0 Å². The van der Waals surface area contributed by atoms with Crippen molar-refractivity contribution < 1.29 is 19.4 Å². The quantitative estimate of drug-likeness (QED) is 0.620. The van der Waals surface area contributed by atoms with Crippen LogP contribution in [0.15, 0.2) is 0 Å². The number of methoxy groups -OCH3 is 1. The van der Waals surface area contributed by atoms with Crippen LogP contribution in [0.3, 0.4) is 0 Å². The van der Waals surface area contributed by atoms with E-state index in [1.165, 1.54) is 0 Å². The third kappa shape index (κ3) is 4.76. The Labute approximate surface area is 105 Å². The van der Waals surface area contributed by atoms with E-state index < -0.39 is 11.9 Å². The van der Waals surface area contributed by atoms with Gasteiger partial charge in [-0.05, 0) is 16.8 Å². The number of hydrogen-bond donors (Lipinski definition) is 1. The summed E-state index contributed by atoms with van der Waals surface area (Å²) in [6, 6.07) is 0. The Bertz CT molecular complexity index is 369. The second-order valence-corrected chi connectivity index (χ2v) is 3.89. The fourth-order valence-electron chi connectivity index (χ4n) is 1.25. The van der Waals surface area contributed by atoms with Crippen molar-refractivity contribution >= 4 is 5.97 Å². The van der Waals surface area contributed by atoms with E-state index in [0.29, 0.717) is 32.0 Å². The van der Waals surface area contributed by atoms with E-state index in [0.717, 1.165) is 0 Å². The molecular weight excluding hydrogens is 240 g/mol. The number of aromatic nitrogens is 4. The molecule has 1 unspecified atom stereocenters. The molecule has 0 fully saturated rings. The van der Waals surface area contributed by atoms with E-state index in [1.54, 1.807) is 18.7 Å². The number of aliphatic carboxylic acids is 1. The van der Waals surface area contributed by atoms with E-state index >= 15 is 0 Å². The molecule has 1 aromatic rings. The summed E-state index contributed by atoms with van der Waals surface area (Å²) in [5.74, 6) is -0.652. The number of hydrogen-bond acceptors (Lipinski definition) is 6.